The minimum Gasteiger partial charge on any atom is -0.342 e. The van der Waals surface area contributed by atoms with E-state index in [1.54, 1.807) is 0 Å². The van der Waals surface area contributed by atoms with E-state index < -0.39 is 0 Å². The molecule has 0 aliphatic carbocycles. The van der Waals surface area contributed by atoms with Crippen LogP contribution in [0.5, 0.6) is 0 Å². The van der Waals surface area contributed by atoms with E-state index in [2.05, 4.69) is 25.2 Å². The zero-order chi connectivity index (χ0) is 12.5. The van der Waals surface area contributed by atoms with E-state index in [0.717, 1.165) is 36.0 Å². The van der Waals surface area contributed by atoms with Crippen LogP contribution in [0.3, 0.4) is 0 Å². The Hall–Kier alpha value is -1.35. The van der Waals surface area contributed by atoms with Gasteiger partial charge < -0.3 is 11.1 Å². The van der Waals surface area contributed by atoms with E-state index >= 15 is 0 Å². The molecule has 1 aliphatic rings. The predicted molar refractivity (Wildman–Crippen MR) is 68.7 cm³/mol. The molecule has 0 aromatic heterocycles. The first-order valence-electron chi connectivity index (χ1n) is 6.33. The average molecular weight is 232 g/mol. The van der Waals surface area contributed by atoms with Gasteiger partial charge in [-0.2, -0.15) is 0 Å². The third-order valence-corrected chi connectivity index (χ3v) is 3.71. The van der Waals surface area contributed by atoms with Crippen LogP contribution in [0.25, 0.3) is 0 Å². The van der Waals surface area contributed by atoms with Gasteiger partial charge in [0.05, 0.1) is 5.54 Å². The summed E-state index contributed by atoms with van der Waals surface area (Å²) in [7, 11) is 0. The summed E-state index contributed by atoms with van der Waals surface area (Å²) < 4.78 is 0. The summed E-state index contributed by atoms with van der Waals surface area (Å²) in [6.45, 7) is 4.79. The molecule has 3 N–H and O–H groups in total. The van der Waals surface area contributed by atoms with Crippen LogP contribution in [0.4, 0.5) is 0 Å². The minimum absolute atomic E-state index is 0.0545. The zero-order valence-corrected chi connectivity index (χ0v) is 10.5. The predicted octanol–water partition coefficient (Wildman–Crippen LogP) is 2.29. The van der Waals surface area contributed by atoms with Gasteiger partial charge in [0.25, 0.3) is 5.91 Å². The van der Waals surface area contributed by atoms with Gasteiger partial charge in [0.2, 0.25) is 0 Å². The van der Waals surface area contributed by atoms with E-state index in [9.17, 15) is 4.79 Å². The largest absolute Gasteiger partial charge is 0.342 e. The Morgan fingerprint density at radius 1 is 1.35 bits per heavy atom. The molecule has 1 aromatic carbocycles. The van der Waals surface area contributed by atoms with E-state index in [-0.39, 0.29) is 11.4 Å². The lowest BCUT2D eigenvalue weighted by atomic mass is 9.83. The van der Waals surface area contributed by atoms with E-state index in [1.165, 1.54) is 0 Å². The summed E-state index contributed by atoms with van der Waals surface area (Å²) in [5.74, 6) is 0.0545. The van der Waals surface area contributed by atoms with E-state index in [0.29, 0.717) is 6.54 Å². The van der Waals surface area contributed by atoms with Crippen molar-refractivity contribution in [3.63, 3.8) is 0 Å². The second kappa shape index (κ2) is 4.49. The van der Waals surface area contributed by atoms with Crippen LogP contribution >= 0.6 is 0 Å². The molecule has 0 saturated heterocycles. The molecule has 1 aromatic rings. The van der Waals surface area contributed by atoms with Gasteiger partial charge in [-0.25, -0.2) is 0 Å². The van der Waals surface area contributed by atoms with E-state index in [4.69, 9.17) is 5.73 Å². The van der Waals surface area contributed by atoms with Crippen LogP contribution in [0.1, 0.15) is 54.6 Å². The quantitative estimate of drug-likeness (QED) is 0.837. The molecule has 92 valence electrons. The summed E-state index contributed by atoms with van der Waals surface area (Å²) in [6.07, 6.45) is 2.96. The Morgan fingerprint density at radius 3 is 2.71 bits per heavy atom. The number of carbonyl (C=O) groups excluding carboxylic acids is 1. The standard InChI is InChI=1S/C14H20N2O/c1-3-7-14(4-2)12-8-10(9-15)5-6-11(12)13(17)16-14/h5-6,8H,3-4,7,9,15H2,1-2H3,(H,16,17). The van der Waals surface area contributed by atoms with Crippen molar-refractivity contribution in [3.8, 4) is 0 Å². The third-order valence-electron chi connectivity index (χ3n) is 3.71. The van der Waals surface area contributed by atoms with Crippen molar-refractivity contribution in [2.45, 2.75) is 45.2 Å². The number of rotatable bonds is 4. The highest BCUT2D eigenvalue weighted by atomic mass is 16.2. The van der Waals surface area contributed by atoms with Gasteiger partial charge in [-0.05, 0) is 30.0 Å². The molecule has 2 rings (SSSR count). The van der Waals surface area contributed by atoms with Crippen molar-refractivity contribution in [1.29, 1.82) is 0 Å². The van der Waals surface area contributed by atoms with Gasteiger partial charge in [-0.1, -0.05) is 32.4 Å². The Balaban J connectivity index is 2.53. The normalized spacial score (nSPS) is 22.4. The van der Waals surface area contributed by atoms with Gasteiger partial charge in [-0.3, -0.25) is 4.79 Å². The summed E-state index contributed by atoms with van der Waals surface area (Å²) in [5, 5.41) is 3.15. The Morgan fingerprint density at radius 2 is 2.12 bits per heavy atom. The molecule has 1 unspecified atom stereocenters. The molecule has 3 nitrogen and oxygen atoms in total. The maximum absolute atomic E-state index is 12.0. The van der Waals surface area contributed by atoms with Gasteiger partial charge in [0.1, 0.15) is 0 Å². The second-order valence-electron chi connectivity index (χ2n) is 4.72. The third kappa shape index (κ3) is 1.84. The fourth-order valence-corrected chi connectivity index (χ4v) is 2.74. The summed E-state index contributed by atoms with van der Waals surface area (Å²) in [6, 6.07) is 5.93. The van der Waals surface area contributed by atoms with Crippen LogP contribution in [0.15, 0.2) is 18.2 Å². The van der Waals surface area contributed by atoms with Crippen molar-refractivity contribution >= 4 is 5.91 Å². The molecule has 0 bridgehead atoms. The van der Waals surface area contributed by atoms with Crippen molar-refractivity contribution in [2.75, 3.05) is 0 Å². The molecule has 17 heavy (non-hydrogen) atoms. The molecule has 0 spiro atoms. The molecule has 0 radical (unpaired) electrons. The average Bonchev–Trinajstić information content (AvgIpc) is 2.63. The molecule has 1 heterocycles. The van der Waals surface area contributed by atoms with Gasteiger partial charge in [-0.15, -0.1) is 0 Å². The number of hydrogen-bond donors (Lipinski definition) is 2. The van der Waals surface area contributed by atoms with Gasteiger partial charge in [0, 0.05) is 12.1 Å². The maximum Gasteiger partial charge on any atom is 0.252 e. The van der Waals surface area contributed by atoms with Crippen LogP contribution in [0.2, 0.25) is 0 Å². The Bertz CT molecular complexity index is 442. The lowest BCUT2D eigenvalue weighted by molar-refractivity contribution is 0.0923. The summed E-state index contributed by atoms with van der Waals surface area (Å²) in [5.41, 5.74) is 8.55. The topological polar surface area (TPSA) is 55.1 Å². The summed E-state index contributed by atoms with van der Waals surface area (Å²) in [4.78, 5) is 12.0. The number of fused-ring (bicyclic) bond motifs is 1. The number of benzene rings is 1. The monoisotopic (exact) mass is 232 g/mol. The minimum atomic E-state index is -0.174. The molecule has 1 aliphatic heterocycles. The van der Waals surface area contributed by atoms with Gasteiger partial charge in [0.15, 0.2) is 0 Å². The zero-order valence-electron chi connectivity index (χ0n) is 10.5. The van der Waals surface area contributed by atoms with Crippen LogP contribution in [0, 0.1) is 0 Å². The lowest BCUT2D eigenvalue weighted by Crippen LogP contribution is -2.38. The maximum atomic E-state index is 12.0. The molecule has 3 heteroatoms. The fraction of sp³-hybridized carbons (Fsp3) is 0.500. The van der Waals surface area contributed by atoms with E-state index in [1.807, 2.05) is 12.1 Å². The highest BCUT2D eigenvalue weighted by Gasteiger charge is 2.40. The van der Waals surface area contributed by atoms with Crippen LogP contribution < -0.4 is 11.1 Å². The number of amides is 1. The number of nitrogens with two attached hydrogens (primary N) is 1. The van der Waals surface area contributed by atoms with Crippen molar-refractivity contribution in [1.82, 2.24) is 5.32 Å². The molecule has 0 saturated carbocycles. The molecule has 1 atom stereocenters. The van der Waals surface area contributed by atoms with Crippen LogP contribution in [-0.2, 0) is 12.1 Å². The molecular formula is C14H20N2O. The smallest absolute Gasteiger partial charge is 0.252 e. The number of hydrogen-bond acceptors (Lipinski definition) is 2. The lowest BCUT2D eigenvalue weighted by Gasteiger charge is -2.29. The number of carbonyl (C=O) groups is 1. The Labute approximate surface area is 102 Å². The number of nitrogens with one attached hydrogen (secondary N) is 1. The SMILES string of the molecule is CCCC1(CC)NC(=O)c2ccc(CN)cc21. The molecular weight excluding hydrogens is 212 g/mol. The van der Waals surface area contributed by atoms with Crippen molar-refractivity contribution in [3.05, 3.63) is 34.9 Å². The molecule has 1 amide bonds. The van der Waals surface area contributed by atoms with Gasteiger partial charge >= 0.3 is 0 Å². The van der Waals surface area contributed by atoms with Crippen molar-refractivity contribution < 1.29 is 4.79 Å². The first-order valence-corrected chi connectivity index (χ1v) is 6.33. The second-order valence-corrected chi connectivity index (χ2v) is 4.72. The van der Waals surface area contributed by atoms with Crippen LogP contribution in [-0.4, -0.2) is 5.91 Å². The highest BCUT2D eigenvalue weighted by Crippen LogP contribution is 2.38. The first-order chi connectivity index (χ1) is 8.16. The Kier molecular flexibility index (Phi) is 3.20. The molecule has 0 fully saturated rings. The highest BCUT2D eigenvalue weighted by molar-refractivity contribution is 6.00. The fourth-order valence-electron chi connectivity index (χ4n) is 2.74. The van der Waals surface area contributed by atoms with Crippen molar-refractivity contribution in [2.24, 2.45) is 5.73 Å². The summed E-state index contributed by atoms with van der Waals surface area (Å²) >= 11 is 0. The first kappa shape index (κ1) is 12.1.